The molecular formula is C16H20N6O. The average Bonchev–Trinajstić information content (AvgIpc) is 3.15. The molecule has 0 aliphatic rings. The Kier molecular flexibility index (Phi) is 4.38. The first-order chi connectivity index (χ1) is 11.2. The van der Waals surface area contributed by atoms with Gasteiger partial charge in [-0.15, -0.1) is 0 Å². The number of carbonyl (C=O) groups is 1. The molecule has 2 aromatic heterocycles. The molecule has 0 radical (unpaired) electrons. The van der Waals surface area contributed by atoms with Gasteiger partial charge in [-0.25, -0.2) is 4.98 Å². The monoisotopic (exact) mass is 312 g/mol. The van der Waals surface area contributed by atoms with Gasteiger partial charge in [-0.05, 0) is 19.2 Å². The van der Waals surface area contributed by atoms with Crippen LogP contribution in [-0.2, 0) is 18.4 Å². The highest BCUT2D eigenvalue weighted by molar-refractivity contribution is 5.83. The summed E-state index contributed by atoms with van der Waals surface area (Å²) < 4.78 is 3.72. The summed E-state index contributed by atoms with van der Waals surface area (Å²) in [6, 6.07) is 7.55. The normalized spacial score (nSPS) is 12.4. The number of nitrogens with one attached hydrogen (secondary N) is 2. The molecule has 0 aliphatic heterocycles. The molecule has 0 spiro atoms. The Labute approximate surface area is 134 Å². The van der Waals surface area contributed by atoms with Gasteiger partial charge in [-0.1, -0.05) is 12.1 Å². The molecule has 1 unspecified atom stereocenters. The van der Waals surface area contributed by atoms with Crippen LogP contribution in [0.1, 0.15) is 11.6 Å². The lowest BCUT2D eigenvalue weighted by molar-refractivity contribution is -0.123. The molecule has 120 valence electrons. The lowest BCUT2D eigenvalue weighted by atomic mass is 10.1. The van der Waals surface area contributed by atoms with Gasteiger partial charge in [0, 0.05) is 31.9 Å². The molecular weight excluding hydrogens is 292 g/mol. The summed E-state index contributed by atoms with van der Waals surface area (Å²) in [6.07, 6.45) is 5.34. The zero-order valence-corrected chi connectivity index (χ0v) is 13.2. The molecule has 0 saturated carbocycles. The quantitative estimate of drug-likeness (QED) is 0.707. The maximum absolute atomic E-state index is 12.3. The largest absolute Gasteiger partial charge is 0.353 e. The maximum Gasteiger partial charge on any atom is 0.241 e. The van der Waals surface area contributed by atoms with Crippen molar-refractivity contribution >= 4 is 16.9 Å². The van der Waals surface area contributed by atoms with Crippen LogP contribution in [0.5, 0.6) is 0 Å². The van der Waals surface area contributed by atoms with E-state index in [9.17, 15) is 4.79 Å². The molecule has 3 rings (SSSR count). The number of hydrogen-bond acceptors (Lipinski definition) is 4. The van der Waals surface area contributed by atoms with E-state index in [0.29, 0.717) is 13.1 Å². The van der Waals surface area contributed by atoms with E-state index in [4.69, 9.17) is 0 Å². The minimum Gasteiger partial charge on any atom is -0.353 e. The second-order valence-corrected chi connectivity index (χ2v) is 5.39. The van der Waals surface area contributed by atoms with Gasteiger partial charge < -0.3 is 15.2 Å². The topological polar surface area (TPSA) is 76.8 Å². The Hall–Kier alpha value is -2.67. The number of para-hydroxylation sites is 2. The number of fused-ring (bicyclic) bond motifs is 1. The van der Waals surface area contributed by atoms with E-state index >= 15 is 0 Å². The summed E-state index contributed by atoms with van der Waals surface area (Å²) in [4.78, 5) is 16.7. The zero-order chi connectivity index (χ0) is 16.2. The standard InChI is InChI=1S/C16H20N6O/c1-17-15(12-9-20-21(2)10-12)16(23)18-7-8-22-11-19-13-5-3-4-6-14(13)22/h3-6,9-11,15,17H,7-8H2,1-2H3,(H,18,23). The molecule has 1 aromatic carbocycles. The number of likely N-dealkylation sites (N-methyl/N-ethyl adjacent to an activating group) is 1. The summed E-state index contributed by atoms with van der Waals surface area (Å²) in [7, 11) is 3.60. The van der Waals surface area contributed by atoms with Crippen LogP contribution in [0.3, 0.4) is 0 Å². The summed E-state index contributed by atoms with van der Waals surface area (Å²) in [5.41, 5.74) is 2.88. The molecule has 23 heavy (non-hydrogen) atoms. The summed E-state index contributed by atoms with van der Waals surface area (Å²) in [6.45, 7) is 1.22. The zero-order valence-electron chi connectivity index (χ0n) is 13.2. The van der Waals surface area contributed by atoms with Crippen molar-refractivity contribution in [2.24, 2.45) is 7.05 Å². The Morgan fingerprint density at radius 2 is 2.17 bits per heavy atom. The van der Waals surface area contributed by atoms with Crippen LogP contribution in [0.4, 0.5) is 0 Å². The molecule has 7 nitrogen and oxygen atoms in total. The van der Waals surface area contributed by atoms with Gasteiger partial charge >= 0.3 is 0 Å². The van der Waals surface area contributed by atoms with E-state index in [1.807, 2.05) is 42.1 Å². The van der Waals surface area contributed by atoms with Gasteiger partial charge in [-0.3, -0.25) is 9.48 Å². The molecule has 3 aromatic rings. The lowest BCUT2D eigenvalue weighted by Crippen LogP contribution is -2.37. The van der Waals surface area contributed by atoms with Crippen LogP contribution >= 0.6 is 0 Å². The number of aromatic nitrogens is 4. The highest BCUT2D eigenvalue weighted by atomic mass is 16.2. The predicted octanol–water partition coefficient (Wildman–Crippen LogP) is 0.847. The number of amides is 1. The summed E-state index contributed by atoms with van der Waals surface area (Å²) in [5, 5.41) is 10.1. The molecule has 7 heteroatoms. The van der Waals surface area contributed by atoms with Crippen molar-refractivity contribution in [2.75, 3.05) is 13.6 Å². The van der Waals surface area contributed by atoms with E-state index in [1.54, 1.807) is 24.3 Å². The number of nitrogens with zero attached hydrogens (tertiary/aromatic N) is 4. The van der Waals surface area contributed by atoms with E-state index in [0.717, 1.165) is 16.6 Å². The van der Waals surface area contributed by atoms with Crippen LogP contribution in [0, 0.1) is 0 Å². The van der Waals surface area contributed by atoms with Crippen LogP contribution < -0.4 is 10.6 Å². The molecule has 0 bridgehead atoms. The smallest absolute Gasteiger partial charge is 0.241 e. The van der Waals surface area contributed by atoms with Gasteiger partial charge in [0.2, 0.25) is 5.91 Å². The second-order valence-electron chi connectivity index (χ2n) is 5.39. The molecule has 0 fully saturated rings. The molecule has 2 heterocycles. The van der Waals surface area contributed by atoms with Crippen molar-refractivity contribution in [3.63, 3.8) is 0 Å². The molecule has 1 atom stereocenters. The van der Waals surface area contributed by atoms with Gasteiger partial charge in [0.25, 0.3) is 0 Å². The van der Waals surface area contributed by atoms with Crippen molar-refractivity contribution in [1.82, 2.24) is 30.0 Å². The third kappa shape index (κ3) is 3.24. The Bertz CT molecular complexity index is 806. The van der Waals surface area contributed by atoms with E-state index in [1.165, 1.54) is 0 Å². The number of benzene rings is 1. The highest BCUT2D eigenvalue weighted by Gasteiger charge is 2.19. The van der Waals surface area contributed by atoms with Crippen molar-refractivity contribution in [3.8, 4) is 0 Å². The van der Waals surface area contributed by atoms with Gasteiger partial charge in [0.15, 0.2) is 0 Å². The molecule has 0 aliphatic carbocycles. The summed E-state index contributed by atoms with van der Waals surface area (Å²) >= 11 is 0. The molecule has 0 saturated heterocycles. The van der Waals surface area contributed by atoms with Gasteiger partial charge in [0.05, 0.1) is 23.6 Å². The predicted molar refractivity (Wildman–Crippen MR) is 87.8 cm³/mol. The number of carbonyl (C=O) groups excluding carboxylic acids is 1. The van der Waals surface area contributed by atoms with Crippen LogP contribution in [-0.4, -0.2) is 38.8 Å². The first-order valence-electron chi connectivity index (χ1n) is 7.52. The minimum atomic E-state index is -0.400. The lowest BCUT2D eigenvalue weighted by Gasteiger charge is -2.14. The van der Waals surface area contributed by atoms with E-state index < -0.39 is 6.04 Å². The van der Waals surface area contributed by atoms with Crippen LogP contribution in [0.2, 0.25) is 0 Å². The third-order valence-electron chi connectivity index (χ3n) is 3.79. The minimum absolute atomic E-state index is 0.0649. The van der Waals surface area contributed by atoms with E-state index in [-0.39, 0.29) is 5.91 Å². The van der Waals surface area contributed by atoms with Crippen molar-refractivity contribution in [3.05, 3.63) is 48.5 Å². The van der Waals surface area contributed by atoms with Crippen LogP contribution in [0.15, 0.2) is 43.0 Å². The summed E-state index contributed by atoms with van der Waals surface area (Å²) in [5.74, 6) is -0.0649. The average molecular weight is 312 g/mol. The number of rotatable bonds is 6. The van der Waals surface area contributed by atoms with E-state index in [2.05, 4.69) is 20.7 Å². The van der Waals surface area contributed by atoms with Crippen molar-refractivity contribution < 1.29 is 4.79 Å². The first kappa shape index (κ1) is 15.2. The fourth-order valence-corrected chi connectivity index (χ4v) is 2.63. The Balaban J connectivity index is 1.60. The Morgan fingerprint density at radius 1 is 1.35 bits per heavy atom. The number of hydrogen-bond donors (Lipinski definition) is 2. The fourth-order valence-electron chi connectivity index (χ4n) is 2.63. The van der Waals surface area contributed by atoms with Gasteiger partial charge in [0.1, 0.15) is 6.04 Å². The fraction of sp³-hybridized carbons (Fsp3) is 0.312. The SMILES string of the molecule is CNC(C(=O)NCCn1cnc2ccccc21)c1cnn(C)c1. The number of imidazole rings is 1. The molecule has 2 N–H and O–H groups in total. The highest BCUT2D eigenvalue weighted by Crippen LogP contribution is 2.12. The van der Waals surface area contributed by atoms with Crippen LogP contribution in [0.25, 0.3) is 11.0 Å². The second kappa shape index (κ2) is 6.62. The van der Waals surface area contributed by atoms with Gasteiger partial charge in [-0.2, -0.15) is 5.10 Å². The third-order valence-corrected chi connectivity index (χ3v) is 3.79. The van der Waals surface area contributed by atoms with Crippen molar-refractivity contribution in [1.29, 1.82) is 0 Å². The molecule has 1 amide bonds. The van der Waals surface area contributed by atoms with Crippen molar-refractivity contribution in [2.45, 2.75) is 12.6 Å². The number of aryl methyl sites for hydroxylation is 1. The first-order valence-corrected chi connectivity index (χ1v) is 7.52. The Morgan fingerprint density at radius 3 is 2.91 bits per heavy atom. The maximum atomic E-state index is 12.3.